The number of rotatable bonds is 9. The van der Waals surface area contributed by atoms with Crippen LogP contribution in [-0.2, 0) is 6.54 Å². The maximum atomic E-state index is 9.83. The number of benzene rings is 2. The van der Waals surface area contributed by atoms with E-state index in [0.29, 0.717) is 40.9 Å². The third-order valence-corrected chi connectivity index (χ3v) is 6.98. The summed E-state index contributed by atoms with van der Waals surface area (Å²) in [7, 11) is 5.72. The zero-order chi connectivity index (χ0) is 26.8. The highest BCUT2D eigenvalue weighted by molar-refractivity contribution is 5.99. The van der Waals surface area contributed by atoms with Crippen LogP contribution >= 0.6 is 0 Å². The molecule has 0 aliphatic carbocycles. The number of nitrogen functional groups attached to an aromatic ring is 1. The molecule has 0 amide bonds. The molecule has 2 aromatic heterocycles. The second-order valence-electron chi connectivity index (χ2n) is 9.36. The minimum absolute atomic E-state index is 0.338. The largest absolute Gasteiger partial charge is 0.494 e. The Morgan fingerprint density at radius 1 is 1.26 bits per heavy atom. The lowest BCUT2D eigenvalue weighted by Gasteiger charge is -2.25. The Kier molecular flexibility index (Phi) is 6.94. The first-order valence-electron chi connectivity index (χ1n) is 12.6. The van der Waals surface area contributed by atoms with Gasteiger partial charge in [-0.25, -0.2) is 9.97 Å². The Bertz CT molecular complexity index is 1520. The Hall–Kier alpha value is -4.49. The van der Waals surface area contributed by atoms with Crippen LogP contribution in [-0.4, -0.2) is 66.9 Å². The molecule has 10 heteroatoms. The standard InChI is InChI=1S/C28H32N8O2/c1-5-34(2)9-10-35(3)23-14-25(37-4)22(13-21(23)30)32-28-31-16-18(15-29)26(33-28)20-17-36-11-12-38-24-8-6-7-19(20)27(24)36/h6-8,13-14,16-17H,5,9-12,30H2,1-4H3,(H,31,32,33). The number of likely N-dealkylation sites (N-methyl/N-ethyl adjacent to an activating group) is 2. The summed E-state index contributed by atoms with van der Waals surface area (Å²) in [6.07, 6.45) is 3.57. The molecule has 0 spiro atoms. The SMILES string of the molecule is CCN(C)CCN(C)c1cc(OC)c(Nc2ncc(C#N)c(-c3cn4c5c(cccc35)OCC4)n2)cc1N. The number of aromatic nitrogens is 3. The molecule has 2 aromatic carbocycles. The van der Waals surface area contributed by atoms with E-state index in [1.807, 2.05) is 43.6 Å². The van der Waals surface area contributed by atoms with Gasteiger partial charge in [-0.15, -0.1) is 0 Å². The van der Waals surface area contributed by atoms with Crippen molar-refractivity contribution >= 4 is 33.9 Å². The van der Waals surface area contributed by atoms with Crippen molar-refractivity contribution in [3.05, 3.63) is 48.3 Å². The number of nitrogens with two attached hydrogens (primary N) is 1. The van der Waals surface area contributed by atoms with E-state index in [9.17, 15) is 5.26 Å². The number of nitriles is 1. The van der Waals surface area contributed by atoms with Gasteiger partial charge in [0, 0.05) is 43.4 Å². The number of hydrogen-bond donors (Lipinski definition) is 2. The van der Waals surface area contributed by atoms with Crippen molar-refractivity contribution < 1.29 is 9.47 Å². The molecule has 196 valence electrons. The van der Waals surface area contributed by atoms with Gasteiger partial charge in [0.05, 0.1) is 53.7 Å². The molecule has 10 nitrogen and oxygen atoms in total. The van der Waals surface area contributed by atoms with Crippen LogP contribution < -0.4 is 25.4 Å². The summed E-state index contributed by atoms with van der Waals surface area (Å²) in [5, 5.41) is 14.1. The molecule has 3 N–H and O–H groups in total. The molecule has 0 unspecified atom stereocenters. The fourth-order valence-corrected chi connectivity index (χ4v) is 4.69. The molecule has 1 aliphatic heterocycles. The summed E-state index contributed by atoms with van der Waals surface area (Å²) < 4.78 is 13.7. The van der Waals surface area contributed by atoms with Crippen LogP contribution in [0.3, 0.4) is 0 Å². The molecule has 1 aliphatic rings. The summed E-state index contributed by atoms with van der Waals surface area (Å²) in [6.45, 7) is 6.20. The Morgan fingerprint density at radius 3 is 2.87 bits per heavy atom. The lowest BCUT2D eigenvalue weighted by molar-refractivity contribution is 0.287. The highest BCUT2D eigenvalue weighted by Crippen LogP contribution is 2.39. The van der Waals surface area contributed by atoms with Gasteiger partial charge in [-0.1, -0.05) is 19.1 Å². The topological polar surface area (TPSA) is 117 Å². The lowest BCUT2D eigenvalue weighted by Crippen LogP contribution is -2.31. The number of nitrogens with zero attached hydrogens (tertiary/aromatic N) is 6. The van der Waals surface area contributed by atoms with Gasteiger partial charge in [0.15, 0.2) is 0 Å². The zero-order valence-electron chi connectivity index (χ0n) is 22.2. The van der Waals surface area contributed by atoms with Crippen LogP contribution in [0.2, 0.25) is 0 Å². The Labute approximate surface area is 222 Å². The van der Waals surface area contributed by atoms with Gasteiger partial charge in [0.2, 0.25) is 5.95 Å². The number of para-hydroxylation sites is 1. The first kappa shape index (κ1) is 25.2. The van der Waals surface area contributed by atoms with E-state index in [4.69, 9.17) is 20.2 Å². The maximum absolute atomic E-state index is 9.83. The van der Waals surface area contributed by atoms with E-state index in [0.717, 1.165) is 54.1 Å². The molecule has 0 bridgehead atoms. The minimum Gasteiger partial charge on any atom is -0.494 e. The monoisotopic (exact) mass is 512 g/mol. The summed E-state index contributed by atoms with van der Waals surface area (Å²) in [6, 6.07) is 11.9. The van der Waals surface area contributed by atoms with E-state index in [2.05, 4.69) is 44.7 Å². The van der Waals surface area contributed by atoms with Crippen molar-refractivity contribution in [2.75, 3.05) is 63.4 Å². The maximum Gasteiger partial charge on any atom is 0.227 e. The fourth-order valence-electron chi connectivity index (χ4n) is 4.69. The van der Waals surface area contributed by atoms with Crippen LogP contribution in [0.15, 0.2) is 42.7 Å². The summed E-state index contributed by atoms with van der Waals surface area (Å²) >= 11 is 0. The lowest BCUT2D eigenvalue weighted by atomic mass is 10.1. The fraction of sp³-hybridized carbons (Fsp3) is 0.321. The van der Waals surface area contributed by atoms with Gasteiger partial charge in [0.25, 0.3) is 0 Å². The predicted octanol–water partition coefficient (Wildman–Crippen LogP) is 4.08. The van der Waals surface area contributed by atoms with E-state index in [1.165, 1.54) is 6.20 Å². The highest BCUT2D eigenvalue weighted by atomic mass is 16.5. The van der Waals surface area contributed by atoms with E-state index < -0.39 is 0 Å². The van der Waals surface area contributed by atoms with Crippen molar-refractivity contribution in [2.24, 2.45) is 0 Å². The minimum atomic E-state index is 0.338. The summed E-state index contributed by atoms with van der Waals surface area (Å²) in [5.41, 5.74) is 11.4. The highest BCUT2D eigenvalue weighted by Gasteiger charge is 2.21. The average Bonchev–Trinajstić information content (AvgIpc) is 3.32. The van der Waals surface area contributed by atoms with Crippen molar-refractivity contribution in [3.8, 4) is 28.8 Å². The average molecular weight is 513 g/mol. The second-order valence-corrected chi connectivity index (χ2v) is 9.36. The Morgan fingerprint density at radius 2 is 2.11 bits per heavy atom. The smallest absolute Gasteiger partial charge is 0.227 e. The molecule has 3 heterocycles. The molecule has 0 radical (unpaired) electrons. The van der Waals surface area contributed by atoms with Crippen molar-refractivity contribution in [1.82, 2.24) is 19.4 Å². The Balaban J connectivity index is 1.49. The van der Waals surface area contributed by atoms with E-state index >= 15 is 0 Å². The summed E-state index contributed by atoms with van der Waals surface area (Å²) in [4.78, 5) is 13.5. The quantitative estimate of drug-likeness (QED) is 0.320. The second kappa shape index (κ2) is 10.5. The van der Waals surface area contributed by atoms with E-state index in [1.54, 1.807) is 7.11 Å². The van der Waals surface area contributed by atoms with Crippen molar-refractivity contribution in [1.29, 1.82) is 5.26 Å². The van der Waals surface area contributed by atoms with Crippen LogP contribution in [0.4, 0.5) is 23.0 Å². The van der Waals surface area contributed by atoms with Crippen molar-refractivity contribution in [3.63, 3.8) is 0 Å². The summed E-state index contributed by atoms with van der Waals surface area (Å²) in [5.74, 6) is 1.78. The van der Waals surface area contributed by atoms with Gasteiger partial charge in [-0.3, -0.25) is 0 Å². The predicted molar refractivity (Wildman–Crippen MR) is 150 cm³/mol. The number of anilines is 4. The number of nitrogens with one attached hydrogen (secondary N) is 1. The molecular weight excluding hydrogens is 480 g/mol. The van der Waals surface area contributed by atoms with Crippen LogP contribution in [0.25, 0.3) is 22.2 Å². The zero-order valence-corrected chi connectivity index (χ0v) is 22.2. The molecule has 4 aromatic rings. The van der Waals surface area contributed by atoms with Gasteiger partial charge in [0.1, 0.15) is 24.2 Å². The molecule has 0 saturated carbocycles. The third-order valence-electron chi connectivity index (χ3n) is 6.98. The van der Waals surface area contributed by atoms with Crippen LogP contribution in [0.1, 0.15) is 12.5 Å². The normalized spacial score (nSPS) is 12.3. The van der Waals surface area contributed by atoms with Crippen LogP contribution in [0.5, 0.6) is 11.5 Å². The number of methoxy groups -OCH3 is 1. The molecular formula is C28H32N8O2. The van der Waals surface area contributed by atoms with Gasteiger partial charge < -0.3 is 34.9 Å². The molecule has 0 atom stereocenters. The number of hydrogen-bond acceptors (Lipinski definition) is 9. The van der Waals surface area contributed by atoms with E-state index in [-0.39, 0.29) is 0 Å². The molecule has 0 fully saturated rings. The first-order valence-corrected chi connectivity index (χ1v) is 12.6. The molecule has 0 saturated heterocycles. The molecule has 38 heavy (non-hydrogen) atoms. The number of ether oxygens (including phenoxy) is 2. The first-order chi connectivity index (χ1) is 18.4. The van der Waals surface area contributed by atoms with Gasteiger partial charge >= 0.3 is 0 Å². The van der Waals surface area contributed by atoms with Crippen molar-refractivity contribution in [2.45, 2.75) is 13.5 Å². The third kappa shape index (κ3) is 4.64. The van der Waals surface area contributed by atoms with Crippen LogP contribution in [0, 0.1) is 11.3 Å². The van der Waals surface area contributed by atoms with Gasteiger partial charge in [-0.2, -0.15) is 5.26 Å². The van der Waals surface area contributed by atoms with Gasteiger partial charge in [-0.05, 0) is 25.7 Å². The molecule has 5 rings (SSSR count).